The zero-order valence-electron chi connectivity index (χ0n) is 9.97. The number of hydrogen-bond donors (Lipinski definition) is 2. The lowest BCUT2D eigenvalue weighted by Gasteiger charge is -2.24. The molecule has 0 amide bonds. The summed E-state index contributed by atoms with van der Waals surface area (Å²) in [5, 5.41) is 12.0. The predicted octanol–water partition coefficient (Wildman–Crippen LogP) is 1.53. The average Bonchev–Trinajstić information content (AvgIpc) is 2.30. The van der Waals surface area contributed by atoms with Crippen molar-refractivity contribution < 1.29 is 18.3 Å². The quantitative estimate of drug-likeness (QED) is 0.859. The van der Waals surface area contributed by atoms with Crippen molar-refractivity contribution in [2.75, 3.05) is 16.8 Å². The molecule has 1 atom stereocenters. The number of halogens is 1. The third-order valence-corrected chi connectivity index (χ3v) is 5.14. The van der Waals surface area contributed by atoms with Gasteiger partial charge in [-0.15, -0.1) is 0 Å². The molecule has 104 valence electrons. The Bertz CT molecular complexity index is 603. The highest BCUT2D eigenvalue weighted by Gasteiger charge is 2.26. The van der Waals surface area contributed by atoms with Crippen LogP contribution < -0.4 is 5.32 Å². The molecule has 0 saturated carbocycles. The number of aromatic nitrogens is 1. The molecule has 1 unspecified atom stereocenters. The van der Waals surface area contributed by atoms with Crippen molar-refractivity contribution in [3.63, 3.8) is 0 Å². The first-order valence-electron chi connectivity index (χ1n) is 5.73. The molecule has 2 heterocycles. The Kier molecular flexibility index (Phi) is 4.10. The fraction of sp³-hybridized carbons (Fsp3) is 0.455. The predicted molar refractivity (Wildman–Crippen MR) is 74.2 cm³/mol. The summed E-state index contributed by atoms with van der Waals surface area (Å²) < 4.78 is 23.6. The van der Waals surface area contributed by atoms with Crippen LogP contribution in [0.2, 0.25) is 0 Å². The highest BCUT2D eigenvalue weighted by atomic mass is 79.9. The van der Waals surface area contributed by atoms with Gasteiger partial charge >= 0.3 is 5.97 Å². The number of pyridine rings is 1. The van der Waals surface area contributed by atoms with E-state index in [2.05, 4.69) is 26.2 Å². The fourth-order valence-electron chi connectivity index (χ4n) is 2.05. The second-order valence-electron chi connectivity index (χ2n) is 4.45. The molecular formula is C11H13BrN2O4S. The van der Waals surface area contributed by atoms with E-state index in [1.807, 2.05) is 0 Å². The Balaban J connectivity index is 2.21. The van der Waals surface area contributed by atoms with E-state index < -0.39 is 15.8 Å². The maximum Gasteiger partial charge on any atom is 0.339 e. The maximum absolute atomic E-state index is 11.5. The molecule has 0 aromatic carbocycles. The van der Waals surface area contributed by atoms with E-state index in [1.165, 1.54) is 12.3 Å². The van der Waals surface area contributed by atoms with E-state index in [1.54, 1.807) is 0 Å². The smallest absolute Gasteiger partial charge is 0.339 e. The van der Waals surface area contributed by atoms with Crippen molar-refractivity contribution in [3.8, 4) is 0 Å². The Morgan fingerprint density at radius 3 is 2.89 bits per heavy atom. The van der Waals surface area contributed by atoms with Gasteiger partial charge in [-0.05, 0) is 34.8 Å². The van der Waals surface area contributed by atoms with Crippen molar-refractivity contribution in [2.24, 2.45) is 0 Å². The Morgan fingerprint density at radius 2 is 2.26 bits per heavy atom. The van der Waals surface area contributed by atoms with Gasteiger partial charge < -0.3 is 10.4 Å². The minimum Gasteiger partial charge on any atom is -0.478 e. The molecular weight excluding hydrogens is 336 g/mol. The van der Waals surface area contributed by atoms with Crippen LogP contribution in [0.25, 0.3) is 0 Å². The number of carbonyl (C=O) groups is 1. The third-order valence-electron chi connectivity index (χ3n) is 2.89. The number of rotatable bonds is 3. The van der Waals surface area contributed by atoms with Gasteiger partial charge in [0.25, 0.3) is 0 Å². The van der Waals surface area contributed by atoms with Crippen LogP contribution >= 0.6 is 15.9 Å². The standard InChI is InChI=1S/C11H13BrN2O4S/c12-7-4-9(11(15)16)10(13-5-7)14-8-2-1-3-19(17,18)6-8/h4-5,8H,1-3,6H2,(H,13,14)(H,15,16). The van der Waals surface area contributed by atoms with Gasteiger partial charge in [0.1, 0.15) is 11.4 Å². The van der Waals surface area contributed by atoms with Crippen LogP contribution in [0, 0.1) is 0 Å². The molecule has 2 N–H and O–H groups in total. The van der Waals surface area contributed by atoms with Crippen LogP contribution in [0.3, 0.4) is 0 Å². The normalized spacial score (nSPS) is 21.8. The molecule has 1 aromatic heterocycles. The second-order valence-corrected chi connectivity index (χ2v) is 7.60. The monoisotopic (exact) mass is 348 g/mol. The van der Waals surface area contributed by atoms with Gasteiger partial charge in [0.15, 0.2) is 9.84 Å². The first-order valence-corrected chi connectivity index (χ1v) is 8.34. The summed E-state index contributed by atoms with van der Waals surface area (Å²) in [6, 6.07) is 1.15. The van der Waals surface area contributed by atoms with E-state index in [0.29, 0.717) is 17.3 Å². The Hall–Kier alpha value is -1.15. The number of hydrogen-bond acceptors (Lipinski definition) is 5. The van der Waals surface area contributed by atoms with Crippen molar-refractivity contribution in [1.29, 1.82) is 0 Å². The first kappa shape index (κ1) is 14.3. The number of sulfone groups is 1. The summed E-state index contributed by atoms with van der Waals surface area (Å²) in [4.78, 5) is 15.1. The molecule has 6 nitrogen and oxygen atoms in total. The fourth-order valence-corrected chi connectivity index (χ4v) is 4.01. The van der Waals surface area contributed by atoms with E-state index in [4.69, 9.17) is 5.11 Å². The molecule has 1 fully saturated rings. The first-order chi connectivity index (χ1) is 8.87. The van der Waals surface area contributed by atoms with Crippen LogP contribution in [0.4, 0.5) is 5.82 Å². The molecule has 8 heteroatoms. The number of aromatic carboxylic acids is 1. The highest BCUT2D eigenvalue weighted by Crippen LogP contribution is 2.21. The van der Waals surface area contributed by atoms with Crippen LogP contribution in [-0.4, -0.2) is 42.0 Å². The van der Waals surface area contributed by atoms with Crippen LogP contribution in [0.1, 0.15) is 23.2 Å². The topological polar surface area (TPSA) is 96.4 Å². The lowest BCUT2D eigenvalue weighted by molar-refractivity contribution is 0.0697. The zero-order chi connectivity index (χ0) is 14.0. The van der Waals surface area contributed by atoms with E-state index in [9.17, 15) is 13.2 Å². The van der Waals surface area contributed by atoms with E-state index in [-0.39, 0.29) is 28.9 Å². The summed E-state index contributed by atoms with van der Waals surface area (Å²) >= 11 is 3.16. The molecule has 1 aliphatic rings. The van der Waals surface area contributed by atoms with Gasteiger partial charge in [-0.2, -0.15) is 0 Å². The van der Waals surface area contributed by atoms with Gasteiger partial charge in [-0.3, -0.25) is 0 Å². The maximum atomic E-state index is 11.5. The average molecular weight is 349 g/mol. The Morgan fingerprint density at radius 1 is 1.53 bits per heavy atom. The van der Waals surface area contributed by atoms with Gasteiger partial charge in [-0.25, -0.2) is 18.2 Å². The van der Waals surface area contributed by atoms with Gasteiger partial charge in [0, 0.05) is 16.7 Å². The van der Waals surface area contributed by atoms with Crippen LogP contribution in [-0.2, 0) is 9.84 Å². The molecule has 1 aliphatic heterocycles. The molecule has 2 rings (SSSR count). The third kappa shape index (κ3) is 3.66. The lowest BCUT2D eigenvalue weighted by Crippen LogP contribution is -2.35. The molecule has 0 spiro atoms. The summed E-state index contributed by atoms with van der Waals surface area (Å²) in [5.41, 5.74) is 0.0253. The van der Waals surface area contributed by atoms with Crippen LogP contribution in [0.5, 0.6) is 0 Å². The Labute approximate surface area is 119 Å². The molecule has 0 bridgehead atoms. The molecule has 0 radical (unpaired) electrons. The molecule has 0 aliphatic carbocycles. The lowest BCUT2D eigenvalue weighted by atomic mass is 10.1. The molecule has 19 heavy (non-hydrogen) atoms. The van der Waals surface area contributed by atoms with E-state index >= 15 is 0 Å². The summed E-state index contributed by atoms with van der Waals surface area (Å²) in [6.45, 7) is 0. The van der Waals surface area contributed by atoms with Gasteiger partial charge in [0.2, 0.25) is 0 Å². The van der Waals surface area contributed by atoms with Crippen molar-refractivity contribution in [2.45, 2.75) is 18.9 Å². The number of carboxylic acids is 1. The minimum absolute atomic E-state index is 0.0177. The largest absolute Gasteiger partial charge is 0.478 e. The van der Waals surface area contributed by atoms with Gasteiger partial charge in [0.05, 0.1) is 11.5 Å². The van der Waals surface area contributed by atoms with E-state index in [0.717, 1.165) is 0 Å². The van der Waals surface area contributed by atoms with Crippen molar-refractivity contribution in [3.05, 3.63) is 22.3 Å². The number of nitrogens with one attached hydrogen (secondary N) is 1. The number of anilines is 1. The second kappa shape index (κ2) is 5.46. The van der Waals surface area contributed by atoms with Gasteiger partial charge in [-0.1, -0.05) is 0 Å². The molecule has 1 saturated heterocycles. The zero-order valence-corrected chi connectivity index (χ0v) is 12.4. The molecule has 1 aromatic rings. The summed E-state index contributed by atoms with van der Waals surface area (Å²) in [6.07, 6.45) is 2.75. The minimum atomic E-state index is -3.04. The van der Waals surface area contributed by atoms with Crippen LogP contribution in [0.15, 0.2) is 16.7 Å². The van der Waals surface area contributed by atoms with Crippen molar-refractivity contribution in [1.82, 2.24) is 4.98 Å². The summed E-state index contributed by atoms with van der Waals surface area (Å²) in [5.74, 6) is -0.679. The summed E-state index contributed by atoms with van der Waals surface area (Å²) in [7, 11) is -3.04. The number of nitrogens with zero attached hydrogens (tertiary/aromatic N) is 1. The number of carboxylic acid groups (broad SMARTS) is 1. The SMILES string of the molecule is O=C(O)c1cc(Br)cnc1NC1CCCS(=O)(=O)C1. The van der Waals surface area contributed by atoms with Crippen molar-refractivity contribution >= 4 is 37.6 Å². The highest BCUT2D eigenvalue weighted by molar-refractivity contribution is 9.10.